The third-order valence-corrected chi connectivity index (χ3v) is 5.41. The zero-order valence-corrected chi connectivity index (χ0v) is 17.0. The molecule has 0 bridgehead atoms. The fraction of sp³-hybridized carbons (Fsp3) is 0.200. The van der Waals surface area contributed by atoms with E-state index in [0.29, 0.717) is 40.3 Å². The number of aromatic amines is 1. The number of benzene rings is 2. The molecule has 5 nitrogen and oxygen atoms in total. The molecule has 144 valence electrons. The molecule has 2 heterocycles. The average Bonchev–Trinajstić information content (AvgIpc) is 3.11. The van der Waals surface area contributed by atoms with Gasteiger partial charge < -0.3 is 9.64 Å². The van der Waals surface area contributed by atoms with Crippen molar-refractivity contribution in [2.45, 2.75) is 13.0 Å². The van der Waals surface area contributed by atoms with Crippen molar-refractivity contribution in [2.24, 2.45) is 0 Å². The maximum Gasteiger partial charge on any atom is 0.260 e. The van der Waals surface area contributed by atoms with Gasteiger partial charge in [0.25, 0.3) is 5.91 Å². The summed E-state index contributed by atoms with van der Waals surface area (Å²) < 4.78 is 5.58. The monoisotopic (exact) mass is 435 g/mol. The summed E-state index contributed by atoms with van der Waals surface area (Å²) in [4.78, 5) is 14.4. The normalized spacial score (nSPS) is 13.3. The standard InChI is InChI=1S/C20H16Cl3N3O2/c21-13-3-1-2-12(8-13)20-15-10-26(7-6-17(15)24-25-20)19(27)11-28-18-9-14(22)4-5-16(18)23/h1-5,8-9H,6-7,10-11H2,(H,24,25). The number of fused-ring (bicyclic) bond motifs is 1. The summed E-state index contributed by atoms with van der Waals surface area (Å²) in [5.74, 6) is 0.267. The van der Waals surface area contributed by atoms with Gasteiger partial charge in [-0.2, -0.15) is 5.10 Å². The molecule has 0 aliphatic carbocycles. The second-order valence-electron chi connectivity index (χ2n) is 6.47. The highest BCUT2D eigenvalue weighted by Gasteiger charge is 2.26. The highest BCUT2D eigenvalue weighted by atomic mass is 35.5. The Morgan fingerprint density at radius 3 is 2.79 bits per heavy atom. The van der Waals surface area contributed by atoms with Crippen molar-refractivity contribution < 1.29 is 9.53 Å². The van der Waals surface area contributed by atoms with E-state index < -0.39 is 0 Å². The predicted molar refractivity (Wildman–Crippen MR) is 110 cm³/mol. The summed E-state index contributed by atoms with van der Waals surface area (Å²) in [7, 11) is 0. The van der Waals surface area contributed by atoms with Gasteiger partial charge in [0.05, 0.1) is 10.7 Å². The second-order valence-corrected chi connectivity index (χ2v) is 7.75. The first-order valence-electron chi connectivity index (χ1n) is 8.69. The van der Waals surface area contributed by atoms with E-state index in [0.717, 1.165) is 22.5 Å². The summed E-state index contributed by atoms with van der Waals surface area (Å²) >= 11 is 18.2. The molecule has 0 atom stereocenters. The lowest BCUT2D eigenvalue weighted by Crippen LogP contribution is -2.38. The lowest BCUT2D eigenvalue weighted by atomic mass is 10.0. The molecule has 8 heteroatoms. The molecular formula is C20H16Cl3N3O2. The van der Waals surface area contributed by atoms with Crippen LogP contribution in [0, 0.1) is 0 Å². The molecule has 0 unspecified atom stereocenters. The van der Waals surface area contributed by atoms with Crippen LogP contribution in [0.2, 0.25) is 15.1 Å². The number of carbonyl (C=O) groups excluding carboxylic acids is 1. The number of nitrogens with zero attached hydrogens (tertiary/aromatic N) is 2. The number of aromatic nitrogens is 2. The minimum atomic E-state index is -0.125. The predicted octanol–water partition coefficient (Wildman–Crippen LogP) is 5.00. The lowest BCUT2D eigenvalue weighted by Gasteiger charge is -2.27. The number of hydrogen-bond acceptors (Lipinski definition) is 3. The number of carbonyl (C=O) groups is 1. The van der Waals surface area contributed by atoms with Gasteiger partial charge in [0.2, 0.25) is 0 Å². The molecule has 1 N–H and O–H groups in total. The molecule has 2 aromatic carbocycles. The largest absolute Gasteiger partial charge is 0.482 e. The van der Waals surface area contributed by atoms with Crippen molar-refractivity contribution in [3.63, 3.8) is 0 Å². The van der Waals surface area contributed by atoms with Crippen LogP contribution in [0.5, 0.6) is 5.75 Å². The zero-order chi connectivity index (χ0) is 19.7. The van der Waals surface area contributed by atoms with Gasteiger partial charge in [0, 0.05) is 52.4 Å². The highest BCUT2D eigenvalue weighted by molar-refractivity contribution is 6.34. The van der Waals surface area contributed by atoms with Crippen LogP contribution < -0.4 is 4.74 Å². The van der Waals surface area contributed by atoms with Gasteiger partial charge in [0.1, 0.15) is 5.75 Å². The van der Waals surface area contributed by atoms with Crippen LogP contribution in [0.15, 0.2) is 42.5 Å². The topological polar surface area (TPSA) is 58.2 Å². The summed E-state index contributed by atoms with van der Waals surface area (Å²) in [5, 5.41) is 9.07. The van der Waals surface area contributed by atoms with Crippen LogP contribution in [0.1, 0.15) is 11.3 Å². The average molecular weight is 437 g/mol. The smallest absolute Gasteiger partial charge is 0.260 e. The fourth-order valence-electron chi connectivity index (χ4n) is 3.20. The molecule has 0 saturated carbocycles. The summed E-state index contributed by atoms with van der Waals surface area (Å²) in [6, 6.07) is 12.4. The molecule has 0 radical (unpaired) electrons. The van der Waals surface area contributed by atoms with E-state index in [4.69, 9.17) is 39.5 Å². The Morgan fingerprint density at radius 2 is 1.96 bits per heavy atom. The molecule has 1 aromatic heterocycles. The number of halogens is 3. The number of H-pyrrole nitrogens is 1. The van der Waals surface area contributed by atoms with Crippen LogP contribution in [0.25, 0.3) is 11.3 Å². The third-order valence-electron chi connectivity index (χ3n) is 4.63. The molecule has 4 rings (SSSR count). The van der Waals surface area contributed by atoms with Crippen LogP contribution in [0.4, 0.5) is 0 Å². The van der Waals surface area contributed by atoms with Crippen molar-refractivity contribution in [2.75, 3.05) is 13.2 Å². The number of rotatable bonds is 4. The third kappa shape index (κ3) is 3.97. The molecule has 1 amide bonds. The Morgan fingerprint density at radius 1 is 1.14 bits per heavy atom. The summed E-state index contributed by atoms with van der Waals surface area (Å²) in [5.41, 5.74) is 3.77. The summed E-state index contributed by atoms with van der Waals surface area (Å²) in [6.07, 6.45) is 0.701. The Balaban J connectivity index is 1.48. The molecule has 0 fully saturated rings. The molecule has 3 aromatic rings. The van der Waals surface area contributed by atoms with Crippen LogP contribution in [0.3, 0.4) is 0 Å². The van der Waals surface area contributed by atoms with Gasteiger partial charge in [-0.25, -0.2) is 0 Å². The van der Waals surface area contributed by atoms with E-state index in [1.807, 2.05) is 24.3 Å². The minimum absolute atomic E-state index is 0.111. The van der Waals surface area contributed by atoms with Crippen molar-refractivity contribution in [1.29, 1.82) is 0 Å². The maximum absolute atomic E-state index is 12.7. The molecule has 1 aliphatic heterocycles. The second kappa shape index (κ2) is 8.03. The molecule has 0 saturated heterocycles. The van der Waals surface area contributed by atoms with Crippen LogP contribution >= 0.6 is 34.8 Å². The minimum Gasteiger partial charge on any atom is -0.482 e. The van der Waals surface area contributed by atoms with Crippen molar-refractivity contribution in [3.05, 3.63) is 68.8 Å². The molecule has 0 spiro atoms. The van der Waals surface area contributed by atoms with Gasteiger partial charge >= 0.3 is 0 Å². The quantitative estimate of drug-likeness (QED) is 0.626. The zero-order valence-electron chi connectivity index (χ0n) is 14.7. The van der Waals surface area contributed by atoms with E-state index in [-0.39, 0.29) is 12.5 Å². The van der Waals surface area contributed by atoms with Crippen molar-refractivity contribution >= 4 is 40.7 Å². The van der Waals surface area contributed by atoms with E-state index in [1.165, 1.54) is 0 Å². The van der Waals surface area contributed by atoms with Gasteiger partial charge in [-0.3, -0.25) is 9.89 Å². The summed E-state index contributed by atoms with van der Waals surface area (Å²) in [6.45, 7) is 0.939. The first-order chi connectivity index (χ1) is 13.5. The fourth-order valence-corrected chi connectivity index (χ4v) is 3.73. The van der Waals surface area contributed by atoms with Gasteiger partial charge in [-0.05, 0) is 24.3 Å². The van der Waals surface area contributed by atoms with Gasteiger partial charge in [-0.15, -0.1) is 0 Å². The molecule has 28 heavy (non-hydrogen) atoms. The number of hydrogen-bond donors (Lipinski definition) is 1. The van der Waals surface area contributed by atoms with Crippen LogP contribution in [-0.4, -0.2) is 34.2 Å². The Kier molecular flexibility index (Phi) is 5.49. The highest BCUT2D eigenvalue weighted by Crippen LogP contribution is 2.30. The Labute approximate surface area is 177 Å². The van der Waals surface area contributed by atoms with Crippen molar-refractivity contribution in [3.8, 4) is 17.0 Å². The number of nitrogens with one attached hydrogen (secondary N) is 1. The van der Waals surface area contributed by atoms with E-state index in [1.54, 1.807) is 23.1 Å². The lowest BCUT2D eigenvalue weighted by molar-refractivity contribution is -0.134. The molecular weight excluding hydrogens is 421 g/mol. The Hall–Kier alpha value is -2.21. The van der Waals surface area contributed by atoms with E-state index in [2.05, 4.69) is 10.2 Å². The van der Waals surface area contributed by atoms with E-state index >= 15 is 0 Å². The van der Waals surface area contributed by atoms with Gasteiger partial charge in [-0.1, -0.05) is 46.9 Å². The number of amides is 1. The molecule has 1 aliphatic rings. The first-order valence-corrected chi connectivity index (χ1v) is 9.82. The Bertz CT molecular complexity index is 1040. The number of ether oxygens (including phenoxy) is 1. The SMILES string of the molecule is O=C(COc1cc(Cl)ccc1Cl)N1CCc2[nH]nc(-c3cccc(Cl)c3)c2C1. The van der Waals surface area contributed by atoms with Crippen molar-refractivity contribution in [1.82, 2.24) is 15.1 Å². The first kappa shape index (κ1) is 19.1. The van der Waals surface area contributed by atoms with Crippen LogP contribution in [-0.2, 0) is 17.8 Å². The van der Waals surface area contributed by atoms with E-state index in [9.17, 15) is 4.79 Å². The van der Waals surface area contributed by atoms with Gasteiger partial charge in [0.15, 0.2) is 6.61 Å². The maximum atomic E-state index is 12.7.